The van der Waals surface area contributed by atoms with E-state index in [1.807, 2.05) is 13.8 Å². The van der Waals surface area contributed by atoms with Crippen molar-refractivity contribution in [1.29, 1.82) is 0 Å². The van der Waals surface area contributed by atoms with E-state index in [0.717, 1.165) is 17.8 Å². The third kappa shape index (κ3) is 1.80. The van der Waals surface area contributed by atoms with Gasteiger partial charge in [0, 0.05) is 0 Å². The van der Waals surface area contributed by atoms with Crippen molar-refractivity contribution in [2.75, 3.05) is 0 Å². The molecule has 0 aromatic carbocycles. The van der Waals surface area contributed by atoms with E-state index in [1.54, 1.807) is 0 Å². The monoisotopic (exact) mass is 164 g/mol. The van der Waals surface area contributed by atoms with Crippen LogP contribution in [-0.2, 0) is 0 Å². The zero-order chi connectivity index (χ0) is 8.97. The van der Waals surface area contributed by atoms with E-state index in [-0.39, 0.29) is 0 Å². The second kappa shape index (κ2) is 4.49. The largest absolute Gasteiger partial charge is 0.0879 e. The predicted molar refractivity (Wildman–Crippen MR) is 55.0 cm³/mol. The van der Waals surface area contributed by atoms with Gasteiger partial charge in [-0.25, -0.2) is 0 Å². The van der Waals surface area contributed by atoms with Crippen molar-refractivity contribution in [2.24, 2.45) is 17.8 Å². The Balaban J connectivity index is 0.000000336. The predicted octanol–water partition coefficient (Wildman–Crippen LogP) is 3.80. The van der Waals surface area contributed by atoms with Crippen LogP contribution in [0.5, 0.6) is 0 Å². The van der Waals surface area contributed by atoms with Gasteiger partial charge in [-0.1, -0.05) is 45.1 Å². The summed E-state index contributed by atoms with van der Waals surface area (Å²) in [6, 6.07) is 0. The van der Waals surface area contributed by atoms with Crippen LogP contribution < -0.4 is 0 Å². The Kier molecular flexibility index (Phi) is 3.58. The lowest BCUT2D eigenvalue weighted by Gasteiger charge is -2.26. The minimum absolute atomic E-state index is 0.851. The molecule has 0 aliphatic heterocycles. The smallest absolute Gasteiger partial charge is 0.0133 e. The molecule has 2 aliphatic rings. The number of fused-ring (bicyclic) bond motifs is 1. The Hall–Kier alpha value is -0.520. The van der Waals surface area contributed by atoms with Gasteiger partial charge in [0.05, 0.1) is 0 Å². The molecule has 2 rings (SSSR count). The van der Waals surface area contributed by atoms with Crippen LogP contribution in [0.25, 0.3) is 0 Å². The molecule has 0 nitrogen and oxygen atoms in total. The van der Waals surface area contributed by atoms with Gasteiger partial charge in [-0.15, -0.1) is 0 Å². The molecule has 0 aromatic rings. The van der Waals surface area contributed by atoms with Crippen LogP contribution >= 0.6 is 0 Å². The molecule has 0 N–H and O–H groups in total. The molecule has 68 valence electrons. The first-order valence-electron chi connectivity index (χ1n) is 5.21. The number of rotatable bonds is 0. The molecule has 0 spiro atoms. The first kappa shape index (κ1) is 9.57. The fraction of sp³-hybridized carbons (Fsp3) is 0.667. The Labute approximate surface area is 76.4 Å². The summed E-state index contributed by atoms with van der Waals surface area (Å²) < 4.78 is 0. The minimum Gasteiger partial charge on any atom is -0.0879 e. The Morgan fingerprint density at radius 2 is 1.67 bits per heavy atom. The minimum atomic E-state index is 0.851. The summed E-state index contributed by atoms with van der Waals surface area (Å²) in [6.45, 7) is 6.36. The zero-order valence-electron chi connectivity index (χ0n) is 8.46. The highest BCUT2D eigenvalue weighted by molar-refractivity contribution is 5.13. The average molecular weight is 164 g/mol. The van der Waals surface area contributed by atoms with Crippen LogP contribution in [0.15, 0.2) is 24.3 Å². The van der Waals surface area contributed by atoms with Crippen LogP contribution in [0.4, 0.5) is 0 Å². The van der Waals surface area contributed by atoms with Crippen molar-refractivity contribution in [3.05, 3.63) is 24.3 Å². The molecule has 0 bridgehead atoms. The van der Waals surface area contributed by atoms with Gasteiger partial charge in [-0.2, -0.15) is 0 Å². The van der Waals surface area contributed by atoms with Crippen molar-refractivity contribution in [2.45, 2.75) is 33.6 Å². The summed E-state index contributed by atoms with van der Waals surface area (Å²) in [4.78, 5) is 0. The van der Waals surface area contributed by atoms with E-state index in [1.165, 1.54) is 12.8 Å². The molecule has 3 unspecified atom stereocenters. The Morgan fingerprint density at radius 1 is 1.00 bits per heavy atom. The molecule has 12 heavy (non-hydrogen) atoms. The van der Waals surface area contributed by atoms with Crippen LogP contribution in [0.1, 0.15) is 33.6 Å². The van der Waals surface area contributed by atoms with Gasteiger partial charge >= 0.3 is 0 Å². The topological polar surface area (TPSA) is 0 Å². The molecule has 0 fully saturated rings. The van der Waals surface area contributed by atoms with Crippen LogP contribution in [0, 0.1) is 17.8 Å². The zero-order valence-corrected chi connectivity index (χ0v) is 8.46. The van der Waals surface area contributed by atoms with Crippen molar-refractivity contribution in [1.82, 2.24) is 0 Å². The number of hydrogen-bond acceptors (Lipinski definition) is 0. The highest BCUT2D eigenvalue weighted by Crippen LogP contribution is 2.37. The van der Waals surface area contributed by atoms with Crippen molar-refractivity contribution >= 4 is 0 Å². The number of hydrogen-bond donors (Lipinski definition) is 0. The summed E-state index contributed by atoms with van der Waals surface area (Å²) >= 11 is 0. The third-order valence-corrected chi connectivity index (χ3v) is 2.81. The van der Waals surface area contributed by atoms with Crippen molar-refractivity contribution < 1.29 is 0 Å². The summed E-state index contributed by atoms with van der Waals surface area (Å²) in [5.74, 6) is 2.60. The highest BCUT2D eigenvalue weighted by Gasteiger charge is 2.27. The van der Waals surface area contributed by atoms with Crippen LogP contribution in [0.3, 0.4) is 0 Å². The van der Waals surface area contributed by atoms with Gasteiger partial charge < -0.3 is 0 Å². The molecular formula is C12H20. The molecule has 0 saturated carbocycles. The van der Waals surface area contributed by atoms with E-state index in [4.69, 9.17) is 0 Å². The maximum Gasteiger partial charge on any atom is -0.0133 e. The van der Waals surface area contributed by atoms with Gasteiger partial charge in [-0.05, 0) is 30.6 Å². The van der Waals surface area contributed by atoms with Crippen LogP contribution in [0.2, 0.25) is 0 Å². The summed E-state index contributed by atoms with van der Waals surface area (Å²) in [6.07, 6.45) is 12.0. The molecule has 0 amide bonds. The lowest BCUT2D eigenvalue weighted by atomic mass is 9.79. The SMILES string of the molecule is CC.CC1CC=CC2CC=CC12. The molecule has 3 atom stereocenters. The van der Waals surface area contributed by atoms with Crippen LogP contribution in [-0.4, -0.2) is 0 Å². The van der Waals surface area contributed by atoms with Gasteiger partial charge in [0.25, 0.3) is 0 Å². The number of allylic oxidation sites excluding steroid dienone is 4. The second-order valence-corrected chi connectivity index (χ2v) is 3.55. The molecule has 0 heteroatoms. The van der Waals surface area contributed by atoms with E-state index < -0.39 is 0 Å². The fourth-order valence-electron chi connectivity index (χ4n) is 2.14. The van der Waals surface area contributed by atoms with Gasteiger partial charge in [0.2, 0.25) is 0 Å². The lowest BCUT2D eigenvalue weighted by molar-refractivity contribution is 0.346. The average Bonchev–Trinajstić information content (AvgIpc) is 2.57. The fourth-order valence-corrected chi connectivity index (χ4v) is 2.14. The van der Waals surface area contributed by atoms with Gasteiger partial charge in [0.15, 0.2) is 0 Å². The van der Waals surface area contributed by atoms with E-state index in [2.05, 4.69) is 31.2 Å². The van der Waals surface area contributed by atoms with Gasteiger partial charge in [0.1, 0.15) is 0 Å². The Bertz CT molecular complexity index is 176. The summed E-state index contributed by atoms with van der Waals surface area (Å²) in [5.41, 5.74) is 0. The summed E-state index contributed by atoms with van der Waals surface area (Å²) in [7, 11) is 0. The molecule has 0 heterocycles. The second-order valence-electron chi connectivity index (χ2n) is 3.55. The molecule has 0 radical (unpaired) electrons. The Morgan fingerprint density at radius 3 is 2.33 bits per heavy atom. The standard InChI is InChI=1S/C10H14.C2H6/c1-8-4-2-5-9-6-3-7-10(8)9;1-2/h2-3,5,7-10H,4,6H2,1H3;1-2H3. The first-order chi connectivity index (χ1) is 5.88. The van der Waals surface area contributed by atoms with Crippen molar-refractivity contribution in [3.63, 3.8) is 0 Å². The maximum absolute atomic E-state index is 2.40. The summed E-state index contributed by atoms with van der Waals surface area (Å²) in [5, 5.41) is 0. The highest BCUT2D eigenvalue weighted by atomic mass is 14.3. The van der Waals surface area contributed by atoms with Crippen molar-refractivity contribution in [3.8, 4) is 0 Å². The molecule has 2 aliphatic carbocycles. The quantitative estimate of drug-likeness (QED) is 0.478. The normalized spacial score (nSPS) is 37.1. The van der Waals surface area contributed by atoms with Gasteiger partial charge in [-0.3, -0.25) is 0 Å². The molecule has 0 aromatic heterocycles. The first-order valence-corrected chi connectivity index (χ1v) is 5.21. The maximum atomic E-state index is 2.40. The van der Waals surface area contributed by atoms with E-state index >= 15 is 0 Å². The molecular weight excluding hydrogens is 144 g/mol. The molecule has 0 saturated heterocycles. The van der Waals surface area contributed by atoms with E-state index in [0.29, 0.717) is 0 Å². The lowest BCUT2D eigenvalue weighted by Crippen LogP contribution is -2.17. The third-order valence-electron chi connectivity index (χ3n) is 2.81. The van der Waals surface area contributed by atoms with E-state index in [9.17, 15) is 0 Å².